The Hall–Kier alpha value is -1.30. The van der Waals surface area contributed by atoms with E-state index in [4.69, 9.17) is 28.3 Å². The van der Waals surface area contributed by atoms with E-state index in [1.807, 2.05) is 0 Å². The Kier molecular flexibility index (Phi) is 6.78. The Morgan fingerprint density at radius 1 is 1.30 bits per heavy atom. The molecule has 3 N–H and O–H groups in total. The standard InChI is InChI=1S/C13H16Cl2N2O3/c1-8(4-5-18)17-12(19)7-16-13(20)9-2-3-10(14)11(15)6-9/h2-3,6,8,18H,4-5,7H2,1H3,(H,16,20)(H,17,19). The van der Waals surface area contributed by atoms with E-state index in [0.717, 1.165) is 0 Å². The van der Waals surface area contributed by atoms with Gasteiger partial charge in [0, 0.05) is 18.2 Å². The number of rotatable bonds is 6. The number of carbonyl (C=O) groups is 2. The summed E-state index contributed by atoms with van der Waals surface area (Å²) in [4.78, 5) is 23.3. The second kappa shape index (κ2) is 8.09. The third-order valence-electron chi connectivity index (χ3n) is 2.56. The molecule has 1 atom stereocenters. The summed E-state index contributed by atoms with van der Waals surface area (Å²) in [5, 5.41) is 14.5. The maximum Gasteiger partial charge on any atom is 0.251 e. The summed E-state index contributed by atoms with van der Waals surface area (Å²) in [7, 11) is 0. The lowest BCUT2D eigenvalue weighted by molar-refractivity contribution is -0.120. The summed E-state index contributed by atoms with van der Waals surface area (Å²) in [6.45, 7) is 1.63. The van der Waals surface area contributed by atoms with Gasteiger partial charge in [0.15, 0.2) is 0 Å². The lowest BCUT2D eigenvalue weighted by Gasteiger charge is -2.12. The van der Waals surface area contributed by atoms with Crippen molar-refractivity contribution in [3.05, 3.63) is 33.8 Å². The topological polar surface area (TPSA) is 78.4 Å². The van der Waals surface area contributed by atoms with E-state index in [0.29, 0.717) is 17.0 Å². The van der Waals surface area contributed by atoms with Crippen molar-refractivity contribution in [3.8, 4) is 0 Å². The molecular weight excluding hydrogens is 303 g/mol. The van der Waals surface area contributed by atoms with Gasteiger partial charge in [-0.2, -0.15) is 0 Å². The molecule has 1 aromatic carbocycles. The maximum atomic E-state index is 11.8. The average molecular weight is 319 g/mol. The third kappa shape index (κ3) is 5.36. The largest absolute Gasteiger partial charge is 0.396 e. The minimum absolute atomic E-state index is 0.00290. The normalized spacial score (nSPS) is 11.8. The lowest BCUT2D eigenvalue weighted by Crippen LogP contribution is -2.41. The molecule has 2 amide bonds. The predicted octanol–water partition coefficient (Wildman–Crippen LogP) is 1.61. The predicted molar refractivity (Wildman–Crippen MR) is 78.1 cm³/mol. The first-order valence-corrected chi connectivity index (χ1v) is 6.83. The molecule has 0 saturated carbocycles. The van der Waals surface area contributed by atoms with E-state index in [1.54, 1.807) is 6.92 Å². The summed E-state index contributed by atoms with van der Waals surface area (Å²) in [6.07, 6.45) is 0.465. The van der Waals surface area contributed by atoms with Crippen molar-refractivity contribution in [2.24, 2.45) is 0 Å². The quantitative estimate of drug-likeness (QED) is 0.745. The second-order valence-corrected chi connectivity index (χ2v) is 5.11. The number of hydrogen-bond donors (Lipinski definition) is 3. The highest BCUT2D eigenvalue weighted by Crippen LogP contribution is 2.22. The molecule has 110 valence electrons. The number of aliphatic hydroxyl groups is 1. The highest BCUT2D eigenvalue weighted by Gasteiger charge is 2.11. The molecule has 0 aromatic heterocycles. The van der Waals surface area contributed by atoms with E-state index >= 15 is 0 Å². The molecule has 0 bridgehead atoms. The summed E-state index contributed by atoms with van der Waals surface area (Å²) in [5.74, 6) is -0.729. The van der Waals surface area contributed by atoms with Gasteiger partial charge in [0.25, 0.3) is 5.91 Å². The smallest absolute Gasteiger partial charge is 0.251 e. The summed E-state index contributed by atoms with van der Waals surface area (Å²) in [6, 6.07) is 4.33. The van der Waals surface area contributed by atoms with Crippen molar-refractivity contribution in [3.63, 3.8) is 0 Å². The first-order chi connectivity index (χ1) is 9.43. The number of amides is 2. The molecule has 5 nitrogen and oxygen atoms in total. The van der Waals surface area contributed by atoms with Gasteiger partial charge in [-0.1, -0.05) is 23.2 Å². The van der Waals surface area contributed by atoms with E-state index in [2.05, 4.69) is 10.6 Å². The van der Waals surface area contributed by atoms with Gasteiger partial charge in [-0.3, -0.25) is 9.59 Å². The van der Waals surface area contributed by atoms with Crippen LogP contribution in [0.15, 0.2) is 18.2 Å². The summed E-state index contributed by atoms with van der Waals surface area (Å²) in [5.41, 5.74) is 0.329. The molecule has 0 aliphatic rings. The van der Waals surface area contributed by atoms with Gasteiger partial charge in [0.2, 0.25) is 5.91 Å². The molecule has 0 aliphatic heterocycles. The molecule has 20 heavy (non-hydrogen) atoms. The van der Waals surface area contributed by atoms with Crippen LogP contribution in [-0.2, 0) is 4.79 Å². The van der Waals surface area contributed by atoms with Gasteiger partial charge in [-0.05, 0) is 31.5 Å². The van der Waals surface area contributed by atoms with Gasteiger partial charge in [0.1, 0.15) is 0 Å². The van der Waals surface area contributed by atoms with Crippen LogP contribution in [0, 0.1) is 0 Å². The van der Waals surface area contributed by atoms with Crippen LogP contribution < -0.4 is 10.6 Å². The van der Waals surface area contributed by atoms with Crippen molar-refractivity contribution < 1.29 is 14.7 Å². The Labute approximate surface area is 127 Å². The fourth-order valence-corrected chi connectivity index (χ4v) is 1.79. The lowest BCUT2D eigenvalue weighted by atomic mass is 10.2. The van der Waals surface area contributed by atoms with Gasteiger partial charge in [0.05, 0.1) is 16.6 Å². The first-order valence-electron chi connectivity index (χ1n) is 6.07. The highest BCUT2D eigenvalue weighted by molar-refractivity contribution is 6.42. The molecule has 7 heteroatoms. The van der Waals surface area contributed by atoms with Gasteiger partial charge in [-0.15, -0.1) is 0 Å². The number of benzene rings is 1. The third-order valence-corrected chi connectivity index (χ3v) is 3.30. The zero-order valence-corrected chi connectivity index (χ0v) is 12.5. The number of aliphatic hydroxyl groups excluding tert-OH is 1. The average Bonchev–Trinajstić information content (AvgIpc) is 2.39. The minimum atomic E-state index is -0.409. The van der Waals surface area contributed by atoms with Crippen molar-refractivity contribution in [2.45, 2.75) is 19.4 Å². The summed E-state index contributed by atoms with van der Waals surface area (Å²) >= 11 is 11.6. The van der Waals surface area contributed by atoms with Crippen LogP contribution in [-0.4, -0.2) is 36.1 Å². The Morgan fingerprint density at radius 2 is 2.00 bits per heavy atom. The maximum absolute atomic E-state index is 11.8. The van der Waals surface area contributed by atoms with E-state index < -0.39 is 5.91 Å². The van der Waals surface area contributed by atoms with E-state index in [-0.39, 0.29) is 30.1 Å². The molecule has 1 aromatic rings. The second-order valence-electron chi connectivity index (χ2n) is 4.29. The van der Waals surface area contributed by atoms with Crippen LogP contribution in [0.1, 0.15) is 23.7 Å². The number of carbonyl (C=O) groups excluding carboxylic acids is 2. The molecule has 0 heterocycles. The molecule has 0 aliphatic carbocycles. The highest BCUT2D eigenvalue weighted by atomic mass is 35.5. The molecule has 0 fully saturated rings. The van der Waals surface area contributed by atoms with Crippen molar-refractivity contribution in [1.29, 1.82) is 0 Å². The van der Waals surface area contributed by atoms with Crippen LogP contribution in [0.4, 0.5) is 0 Å². The molecule has 0 spiro atoms. The monoisotopic (exact) mass is 318 g/mol. The Balaban J connectivity index is 2.46. The molecular formula is C13H16Cl2N2O3. The summed E-state index contributed by atoms with van der Waals surface area (Å²) < 4.78 is 0. The van der Waals surface area contributed by atoms with Crippen LogP contribution in [0.5, 0.6) is 0 Å². The first kappa shape index (κ1) is 16.8. The van der Waals surface area contributed by atoms with Crippen LogP contribution in [0.2, 0.25) is 10.0 Å². The molecule has 0 radical (unpaired) electrons. The Morgan fingerprint density at radius 3 is 2.60 bits per heavy atom. The van der Waals surface area contributed by atoms with Gasteiger partial charge in [-0.25, -0.2) is 0 Å². The van der Waals surface area contributed by atoms with Crippen LogP contribution in [0.3, 0.4) is 0 Å². The van der Waals surface area contributed by atoms with E-state index in [9.17, 15) is 9.59 Å². The van der Waals surface area contributed by atoms with Crippen molar-refractivity contribution >= 4 is 35.0 Å². The number of hydrogen-bond acceptors (Lipinski definition) is 3. The Bertz CT molecular complexity index is 495. The zero-order chi connectivity index (χ0) is 15.1. The SMILES string of the molecule is CC(CCO)NC(=O)CNC(=O)c1ccc(Cl)c(Cl)c1. The molecule has 0 saturated heterocycles. The number of nitrogens with one attached hydrogen (secondary N) is 2. The van der Waals surface area contributed by atoms with Crippen LogP contribution >= 0.6 is 23.2 Å². The fourth-order valence-electron chi connectivity index (χ4n) is 1.49. The fraction of sp³-hybridized carbons (Fsp3) is 0.385. The number of halogens is 2. The van der Waals surface area contributed by atoms with Gasteiger partial charge >= 0.3 is 0 Å². The zero-order valence-electron chi connectivity index (χ0n) is 11.0. The minimum Gasteiger partial charge on any atom is -0.396 e. The molecule has 1 rings (SSSR count). The van der Waals surface area contributed by atoms with Crippen LogP contribution in [0.25, 0.3) is 0 Å². The van der Waals surface area contributed by atoms with E-state index in [1.165, 1.54) is 18.2 Å². The molecule has 1 unspecified atom stereocenters. The van der Waals surface area contributed by atoms with Gasteiger partial charge < -0.3 is 15.7 Å². The van der Waals surface area contributed by atoms with Crippen molar-refractivity contribution in [1.82, 2.24) is 10.6 Å². The van der Waals surface area contributed by atoms with Crippen molar-refractivity contribution in [2.75, 3.05) is 13.2 Å².